The van der Waals surface area contributed by atoms with Crippen LogP contribution in [0, 0.1) is 12.8 Å². The van der Waals surface area contributed by atoms with E-state index < -0.39 is 0 Å². The molecule has 2 aromatic rings. The SMILES string of the molecule is Cc1ccc2cc(C(=O)NCC(C)CN3CCN(C)CC3)[nH]c2c1. The molecule has 1 aromatic heterocycles. The Hall–Kier alpha value is -1.85. The molecule has 0 bridgehead atoms. The maximum atomic E-state index is 12.4. The molecule has 24 heavy (non-hydrogen) atoms. The predicted molar refractivity (Wildman–Crippen MR) is 98.5 cm³/mol. The van der Waals surface area contributed by atoms with E-state index in [1.165, 1.54) is 5.56 Å². The van der Waals surface area contributed by atoms with Crippen LogP contribution < -0.4 is 5.32 Å². The second-order valence-electron chi connectivity index (χ2n) is 7.19. The predicted octanol–water partition coefficient (Wildman–Crippen LogP) is 2.09. The van der Waals surface area contributed by atoms with Gasteiger partial charge >= 0.3 is 0 Å². The molecule has 0 saturated carbocycles. The first-order chi connectivity index (χ1) is 11.5. The summed E-state index contributed by atoms with van der Waals surface area (Å²) >= 11 is 0. The number of benzene rings is 1. The van der Waals surface area contributed by atoms with Crippen LogP contribution in [0.4, 0.5) is 0 Å². The number of nitrogens with zero attached hydrogens (tertiary/aromatic N) is 2. The van der Waals surface area contributed by atoms with Gasteiger partial charge in [0, 0.05) is 50.2 Å². The van der Waals surface area contributed by atoms with E-state index in [2.05, 4.69) is 53.1 Å². The zero-order valence-electron chi connectivity index (χ0n) is 14.9. The van der Waals surface area contributed by atoms with Crippen molar-refractivity contribution in [1.82, 2.24) is 20.1 Å². The number of aryl methyl sites for hydroxylation is 1. The fourth-order valence-electron chi connectivity index (χ4n) is 3.26. The molecule has 5 heteroatoms. The molecule has 2 N–H and O–H groups in total. The summed E-state index contributed by atoms with van der Waals surface area (Å²) in [5.74, 6) is 0.429. The van der Waals surface area contributed by atoms with E-state index in [0.29, 0.717) is 18.2 Å². The van der Waals surface area contributed by atoms with Gasteiger partial charge in [0.05, 0.1) is 0 Å². The van der Waals surface area contributed by atoms with Gasteiger partial charge < -0.3 is 20.1 Å². The topological polar surface area (TPSA) is 51.4 Å². The third kappa shape index (κ3) is 4.16. The average Bonchev–Trinajstić information content (AvgIpc) is 2.98. The van der Waals surface area contributed by atoms with Crippen LogP contribution in [0.5, 0.6) is 0 Å². The fraction of sp³-hybridized carbons (Fsp3) is 0.526. The number of H-pyrrole nitrogens is 1. The van der Waals surface area contributed by atoms with Gasteiger partial charge in [-0.15, -0.1) is 0 Å². The Labute approximate surface area is 144 Å². The Morgan fingerprint density at radius 2 is 2.00 bits per heavy atom. The van der Waals surface area contributed by atoms with E-state index in [0.717, 1.165) is 43.6 Å². The van der Waals surface area contributed by atoms with Gasteiger partial charge in [-0.1, -0.05) is 19.1 Å². The van der Waals surface area contributed by atoms with Gasteiger partial charge in [0.15, 0.2) is 0 Å². The maximum absolute atomic E-state index is 12.4. The van der Waals surface area contributed by atoms with Crippen molar-refractivity contribution in [3.63, 3.8) is 0 Å². The van der Waals surface area contributed by atoms with E-state index in [4.69, 9.17) is 0 Å². The number of carbonyl (C=O) groups is 1. The number of nitrogens with one attached hydrogen (secondary N) is 2. The van der Waals surface area contributed by atoms with Crippen molar-refractivity contribution < 1.29 is 4.79 Å². The first-order valence-electron chi connectivity index (χ1n) is 8.80. The van der Waals surface area contributed by atoms with E-state index in [9.17, 15) is 4.79 Å². The Kier molecular flexibility index (Phi) is 5.21. The number of hydrogen-bond acceptors (Lipinski definition) is 3. The molecular weight excluding hydrogens is 300 g/mol. The second-order valence-corrected chi connectivity index (χ2v) is 7.19. The highest BCUT2D eigenvalue weighted by atomic mass is 16.1. The van der Waals surface area contributed by atoms with Gasteiger partial charge in [0.2, 0.25) is 0 Å². The average molecular weight is 328 g/mol. The zero-order chi connectivity index (χ0) is 17.1. The first kappa shape index (κ1) is 17.0. The largest absolute Gasteiger partial charge is 0.351 e. The van der Waals surface area contributed by atoms with Crippen molar-refractivity contribution in [3.05, 3.63) is 35.5 Å². The van der Waals surface area contributed by atoms with Crippen molar-refractivity contribution in [2.75, 3.05) is 46.3 Å². The van der Waals surface area contributed by atoms with Crippen LogP contribution in [0.3, 0.4) is 0 Å². The number of hydrogen-bond donors (Lipinski definition) is 2. The number of fused-ring (bicyclic) bond motifs is 1. The molecule has 5 nitrogen and oxygen atoms in total. The lowest BCUT2D eigenvalue weighted by atomic mass is 10.1. The van der Waals surface area contributed by atoms with Crippen molar-refractivity contribution >= 4 is 16.8 Å². The summed E-state index contributed by atoms with van der Waals surface area (Å²) in [6.45, 7) is 10.5. The highest BCUT2D eigenvalue weighted by molar-refractivity contribution is 5.98. The molecule has 1 aromatic carbocycles. The minimum absolute atomic E-state index is 0.0194. The lowest BCUT2D eigenvalue weighted by molar-refractivity contribution is 0.0933. The summed E-state index contributed by atoms with van der Waals surface area (Å²) in [6.07, 6.45) is 0. The van der Waals surface area contributed by atoms with Crippen LogP contribution in [0.2, 0.25) is 0 Å². The number of amides is 1. The highest BCUT2D eigenvalue weighted by Crippen LogP contribution is 2.16. The number of carbonyl (C=O) groups excluding carboxylic acids is 1. The molecule has 1 unspecified atom stereocenters. The quantitative estimate of drug-likeness (QED) is 0.884. The van der Waals surface area contributed by atoms with E-state index in [1.807, 2.05) is 12.1 Å². The lowest BCUT2D eigenvalue weighted by Gasteiger charge is -2.33. The van der Waals surface area contributed by atoms with Crippen molar-refractivity contribution in [2.45, 2.75) is 13.8 Å². The van der Waals surface area contributed by atoms with Gasteiger partial charge in [-0.05, 0) is 37.6 Å². The first-order valence-corrected chi connectivity index (χ1v) is 8.80. The fourth-order valence-corrected chi connectivity index (χ4v) is 3.26. The smallest absolute Gasteiger partial charge is 0.267 e. The molecular formula is C19H28N4O. The Morgan fingerprint density at radius 1 is 1.25 bits per heavy atom. The minimum Gasteiger partial charge on any atom is -0.351 e. The Balaban J connectivity index is 1.50. The van der Waals surface area contributed by atoms with Gasteiger partial charge in [-0.2, -0.15) is 0 Å². The summed E-state index contributed by atoms with van der Waals surface area (Å²) in [4.78, 5) is 20.4. The maximum Gasteiger partial charge on any atom is 0.267 e. The van der Waals surface area contributed by atoms with Gasteiger partial charge in [-0.3, -0.25) is 4.79 Å². The lowest BCUT2D eigenvalue weighted by Crippen LogP contribution is -2.46. The molecule has 3 rings (SSSR count). The van der Waals surface area contributed by atoms with Crippen molar-refractivity contribution in [3.8, 4) is 0 Å². The third-order valence-electron chi connectivity index (χ3n) is 4.80. The van der Waals surface area contributed by atoms with Gasteiger partial charge in [0.1, 0.15) is 5.69 Å². The summed E-state index contributed by atoms with van der Waals surface area (Å²) in [5.41, 5.74) is 2.85. The van der Waals surface area contributed by atoms with Crippen LogP contribution in [-0.2, 0) is 0 Å². The molecule has 1 atom stereocenters. The Morgan fingerprint density at radius 3 is 2.75 bits per heavy atom. The van der Waals surface area contributed by atoms with E-state index in [-0.39, 0.29) is 5.91 Å². The van der Waals surface area contributed by atoms with Crippen LogP contribution in [0.1, 0.15) is 23.0 Å². The monoisotopic (exact) mass is 328 g/mol. The van der Waals surface area contributed by atoms with Crippen LogP contribution in [0.15, 0.2) is 24.3 Å². The zero-order valence-corrected chi connectivity index (χ0v) is 14.9. The molecule has 1 aliphatic heterocycles. The highest BCUT2D eigenvalue weighted by Gasteiger charge is 2.17. The standard InChI is InChI=1S/C19H28N4O/c1-14-4-5-16-11-18(21-17(16)10-14)19(24)20-12-15(2)13-23-8-6-22(3)7-9-23/h4-5,10-11,15,21H,6-9,12-13H2,1-3H3,(H,20,24). The van der Waals surface area contributed by atoms with Crippen LogP contribution >= 0.6 is 0 Å². The summed E-state index contributed by atoms with van der Waals surface area (Å²) in [6, 6.07) is 8.11. The number of piperazine rings is 1. The molecule has 0 aliphatic carbocycles. The Bertz CT molecular complexity index is 700. The number of likely N-dealkylation sites (N-methyl/N-ethyl adjacent to an activating group) is 1. The molecule has 0 radical (unpaired) electrons. The van der Waals surface area contributed by atoms with E-state index in [1.54, 1.807) is 0 Å². The molecule has 1 aliphatic rings. The molecule has 1 amide bonds. The van der Waals surface area contributed by atoms with Crippen LogP contribution in [-0.4, -0.2) is 67.0 Å². The van der Waals surface area contributed by atoms with Gasteiger partial charge in [-0.25, -0.2) is 0 Å². The summed E-state index contributed by atoms with van der Waals surface area (Å²) < 4.78 is 0. The molecule has 130 valence electrons. The van der Waals surface area contributed by atoms with Gasteiger partial charge in [0.25, 0.3) is 5.91 Å². The minimum atomic E-state index is -0.0194. The molecule has 2 heterocycles. The molecule has 1 saturated heterocycles. The van der Waals surface area contributed by atoms with Crippen molar-refractivity contribution in [2.24, 2.45) is 5.92 Å². The van der Waals surface area contributed by atoms with E-state index >= 15 is 0 Å². The van der Waals surface area contributed by atoms with Crippen molar-refractivity contribution in [1.29, 1.82) is 0 Å². The third-order valence-corrected chi connectivity index (χ3v) is 4.80. The normalized spacial score (nSPS) is 18.0. The summed E-state index contributed by atoms with van der Waals surface area (Å²) in [5, 5.41) is 4.15. The number of aromatic nitrogens is 1. The number of aromatic amines is 1. The second kappa shape index (κ2) is 7.36. The van der Waals surface area contributed by atoms with Crippen LogP contribution in [0.25, 0.3) is 10.9 Å². The molecule has 1 fully saturated rings. The number of rotatable bonds is 5. The molecule has 0 spiro atoms. The summed E-state index contributed by atoms with van der Waals surface area (Å²) in [7, 11) is 2.17.